The van der Waals surface area contributed by atoms with Gasteiger partial charge in [-0.05, 0) is 62.1 Å². The van der Waals surface area contributed by atoms with E-state index in [1.807, 2.05) is 18.7 Å². The molecule has 1 aliphatic rings. The normalized spacial score (nSPS) is 14.9. The van der Waals surface area contributed by atoms with Gasteiger partial charge in [-0.3, -0.25) is 14.4 Å². The Hall–Kier alpha value is -3.39. The average Bonchev–Trinajstić information content (AvgIpc) is 3.39. The third-order valence-electron chi connectivity index (χ3n) is 5.76. The van der Waals surface area contributed by atoms with Crippen molar-refractivity contribution in [2.45, 2.75) is 45.6 Å². The summed E-state index contributed by atoms with van der Waals surface area (Å²) in [5, 5.41) is 8.79. The Morgan fingerprint density at radius 3 is 2.34 bits per heavy atom. The maximum Gasteiger partial charge on any atom is 0.253 e. The molecule has 1 saturated heterocycles. The molecule has 188 valence electrons. The summed E-state index contributed by atoms with van der Waals surface area (Å²) >= 11 is 0. The van der Waals surface area contributed by atoms with Crippen molar-refractivity contribution in [1.82, 2.24) is 10.2 Å². The van der Waals surface area contributed by atoms with Crippen LogP contribution in [0.3, 0.4) is 0 Å². The second-order valence-corrected chi connectivity index (χ2v) is 8.70. The van der Waals surface area contributed by atoms with Crippen molar-refractivity contribution in [2.24, 2.45) is 0 Å². The van der Waals surface area contributed by atoms with Gasteiger partial charge in [0.15, 0.2) is 0 Å². The zero-order valence-electron chi connectivity index (χ0n) is 20.6. The monoisotopic (exact) mass is 480 g/mol. The van der Waals surface area contributed by atoms with Crippen molar-refractivity contribution in [2.75, 3.05) is 43.4 Å². The lowest BCUT2D eigenvalue weighted by molar-refractivity contribution is -0.114. The Bertz CT molecular complexity index is 998. The van der Waals surface area contributed by atoms with Gasteiger partial charge in [0.1, 0.15) is 0 Å². The standard InChI is InChI=1S/C27H36N4O4/c1-3-13-31(14-4-2)27(34)21-9-6-11-23(17-21)30-25(32)19-28-22-10-5-8-20(16-22)26(33)29-18-24-12-7-15-35-24/h5-6,8-11,16-17,24,28H,3-4,7,12-15,18-19H2,1-2H3,(H,29,33)(H,30,32). The minimum atomic E-state index is -0.248. The highest BCUT2D eigenvalue weighted by Gasteiger charge is 2.17. The number of benzene rings is 2. The smallest absolute Gasteiger partial charge is 0.253 e. The van der Waals surface area contributed by atoms with Gasteiger partial charge in [0.2, 0.25) is 5.91 Å². The van der Waals surface area contributed by atoms with E-state index in [0.717, 1.165) is 32.3 Å². The molecule has 0 saturated carbocycles. The molecule has 1 unspecified atom stereocenters. The van der Waals surface area contributed by atoms with E-state index in [9.17, 15) is 14.4 Å². The Kier molecular flexibility index (Phi) is 10.1. The SMILES string of the molecule is CCCN(CCC)C(=O)c1cccc(NC(=O)CNc2cccc(C(=O)NCC3CCCO3)c2)c1. The molecular formula is C27H36N4O4. The van der Waals surface area contributed by atoms with Crippen LogP contribution in [0.4, 0.5) is 11.4 Å². The first-order chi connectivity index (χ1) is 17.0. The van der Waals surface area contributed by atoms with Crippen molar-refractivity contribution in [3.63, 3.8) is 0 Å². The Morgan fingerprint density at radius 2 is 1.66 bits per heavy atom. The third kappa shape index (κ3) is 8.10. The lowest BCUT2D eigenvalue weighted by Gasteiger charge is -2.21. The van der Waals surface area contributed by atoms with Crippen molar-refractivity contribution < 1.29 is 19.1 Å². The molecular weight excluding hydrogens is 444 g/mol. The molecule has 1 atom stereocenters. The Balaban J connectivity index is 1.52. The highest BCUT2D eigenvalue weighted by molar-refractivity contribution is 5.98. The summed E-state index contributed by atoms with van der Waals surface area (Å²) in [6.45, 7) is 6.78. The Morgan fingerprint density at radius 1 is 0.971 bits per heavy atom. The predicted molar refractivity (Wildman–Crippen MR) is 138 cm³/mol. The minimum Gasteiger partial charge on any atom is -0.376 e. The fourth-order valence-corrected chi connectivity index (χ4v) is 4.04. The van der Waals surface area contributed by atoms with Crippen LogP contribution < -0.4 is 16.0 Å². The molecule has 1 aliphatic heterocycles. The fraction of sp³-hybridized carbons (Fsp3) is 0.444. The van der Waals surface area contributed by atoms with E-state index >= 15 is 0 Å². The van der Waals surface area contributed by atoms with Gasteiger partial charge in [-0.25, -0.2) is 0 Å². The zero-order valence-corrected chi connectivity index (χ0v) is 20.6. The lowest BCUT2D eigenvalue weighted by Crippen LogP contribution is -2.32. The van der Waals surface area contributed by atoms with Gasteiger partial charge in [-0.1, -0.05) is 26.0 Å². The highest BCUT2D eigenvalue weighted by Crippen LogP contribution is 2.15. The largest absolute Gasteiger partial charge is 0.376 e. The van der Waals surface area contributed by atoms with Gasteiger partial charge < -0.3 is 25.6 Å². The van der Waals surface area contributed by atoms with E-state index in [2.05, 4.69) is 16.0 Å². The van der Waals surface area contributed by atoms with Gasteiger partial charge in [0.05, 0.1) is 12.6 Å². The van der Waals surface area contributed by atoms with E-state index in [0.29, 0.717) is 42.1 Å². The van der Waals surface area contributed by atoms with E-state index in [-0.39, 0.29) is 30.4 Å². The molecule has 1 fully saturated rings. The number of anilines is 2. The molecule has 2 aromatic rings. The molecule has 0 aromatic heterocycles. The summed E-state index contributed by atoms with van der Waals surface area (Å²) in [7, 11) is 0. The number of hydrogen-bond acceptors (Lipinski definition) is 5. The maximum atomic E-state index is 12.8. The first-order valence-electron chi connectivity index (χ1n) is 12.4. The van der Waals surface area contributed by atoms with Gasteiger partial charge >= 0.3 is 0 Å². The molecule has 0 spiro atoms. The molecule has 3 rings (SSSR count). The summed E-state index contributed by atoms with van der Waals surface area (Å²) in [6, 6.07) is 14.0. The van der Waals surface area contributed by atoms with Gasteiger partial charge in [0.25, 0.3) is 11.8 Å². The zero-order chi connectivity index (χ0) is 25.0. The van der Waals surface area contributed by atoms with Gasteiger partial charge in [0, 0.05) is 48.7 Å². The molecule has 8 nitrogen and oxygen atoms in total. The van der Waals surface area contributed by atoms with Gasteiger partial charge in [-0.2, -0.15) is 0 Å². The second-order valence-electron chi connectivity index (χ2n) is 8.70. The van der Waals surface area contributed by atoms with Crippen LogP contribution in [0.1, 0.15) is 60.2 Å². The van der Waals surface area contributed by atoms with E-state index in [1.165, 1.54) is 0 Å². The molecule has 0 bridgehead atoms. The van der Waals surface area contributed by atoms with Crippen LogP contribution in [0.25, 0.3) is 0 Å². The third-order valence-corrected chi connectivity index (χ3v) is 5.76. The molecule has 3 N–H and O–H groups in total. The fourth-order valence-electron chi connectivity index (χ4n) is 4.04. The van der Waals surface area contributed by atoms with Crippen molar-refractivity contribution in [3.05, 3.63) is 59.7 Å². The summed E-state index contributed by atoms with van der Waals surface area (Å²) in [5.74, 6) is -0.449. The van der Waals surface area contributed by atoms with Crippen LogP contribution in [0, 0.1) is 0 Å². The van der Waals surface area contributed by atoms with E-state index in [4.69, 9.17) is 4.74 Å². The number of amides is 3. The molecule has 2 aromatic carbocycles. The van der Waals surface area contributed by atoms with E-state index in [1.54, 1.807) is 48.5 Å². The van der Waals surface area contributed by atoms with Crippen molar-refractivity contribution in [3.8, 4) is 0 Å². The summed E-state index contributed by atoms with van der Waals surface area (Å²) in [4.78, 5) is 39.6. The van der Waals surface area contributed by atoms with Crippen LogP contribution in [-0.4, -0.2) is 61.5 Å². The summed E-state index contributed by atoms with van der Waals surface area (Å²) in [5.41, 5.74) is 2.31. The molecule has 0 aliphatic carbocycles. The van der Waals surface area contributed by atoms with Crippen LogP contribution in [0.2, 0.25) is 0 Å². The molecule has 8 heteroatoms. The first kappa shape index (κ1) is 26.2. The first-order valence-corrected chi connectivity index (χ1v) is 12.4. The van der Waals surface area contributed by atoms with Gasteiger partial charge in [-0.15, -0.1) is 0 Å². The second kappa shape index (κ2) is 13.5. The lowest BCUT2D eigenvalue weighted by atomic mass is 10.1. The number of hydrogen-bond donors (Lipinski definition) is 3. The predicted octanol–water partition coefficient (Wildman–Crippen LogP) is 3.91. The van der Waals surface area contributed by atoms with Crippen LogP contribution >= 0.6 is 0 Å². The average molecular weight is 481 g/mol. The molecule has 1 heterocycles. The van der Waals surface area contributed by atoms with Crippen molar-refractivity contribution >= 4 is 29.1 Å². The Labute approximate surface area is 207 Å². The number of nitrogens with zero attached hydrogens (tertiary/aromatic N) is 1. The number of carbonyl (C=O) groups is 3. The summed E-state index contributed by atoms with van der Waals surface area (Å²) in [6.07, 6.45) is 3.86. The van der Waals surface area contributed by atoms with Crippen LogP contribution in [0.5, 0.6) is 0 Å². The molecule has 35 heavy (non-hydrogen) atoms. The van der Waals surface area contributed by atoms with Crippen LogP contribution in [0.15, 0.2) is 48.5 Å². The molecule has 3 amide bonds. The number of carbonyl (C=O) groups excluding carboxylic acids is 3. The maximum absolute atomic E-state index is 12.8. The minimum absolute atomic E-state index is 0.0248. The number of ether oxygens (including phenoxy) is 1. The van der Waals surface area contributed by atoms with Crippen molar-refractivity contribution in [1.29, 1.82) is 0 Å². The quantitative estimate of drug-likeness (QED) is 0.428. The topological polar surface area (TPSA) is 99.8 Å². The highest BCUT2D eigenvalue weighted by atomic mass is 16.5. The van der Waals surface area contributed by atoms with E-state index < -0.39 is 0 Å². The van der Waals surface area contributed by atoms with Crippen LogP contribution in [-0.2, 0) is 9.53 Å². The number of nitrogens with one attached hydrogen (secondary N) is 3. The number of rotatable bonds is 12. The molecule has 0 radical (unpaired) electrons. The summed E-state index contributed by atoms with van der Waals surface area (Å²) < 4.78 is 5.54.